The van der Waals surface area contributed by atoms with Crippen LogP contribution in [0.2, 0.25) is 0 Å². The average Bonchev–Trinajstić information content (AvgIpc) is 3.58. The van der Waals surface area contributed by atoms with E-state index in [1.54, 1.807) is 24.3 Å². The van der Waals surface area contributed by atoms with Gasteiger partial charge in [-0.1, -0.05) is 18.2 Å². The molecule has 0 aliphatic carbocycles. The molecule has 0 spiro atoms. The summed E-state index contributed by atoms with van der Waals surface area (Å²) in [6.45, 7) is 4.90. The molecule has 4 aromatic rings. The highest BCUT2D eigenvalue weighted by Crippen LogP contribution is 2.35. The summed E-state index contributed by atoms with van der Waals surface area (Å²) < 4.78 is 16.0. The Balaban J connectivity index is 1.42. The van der Waals surface area contributed by atoms with Crippen LogP contribution in [0.3, 0.4) is 0 Å². The number of nitrogens with one attached hydrogen (secondary N) is 3. The van der Waals surface area contributed by atoms with Gasteiger partial charge in [-0.15, -0.1) is 11.3 Å². The van der Waals surface area contributed by atoms with Crippen LogP contribution in [0.25, 0.3) is 22.2 Å². The van der Waals surface area contributed by atoms with Gasteiger partial charge in [0.05, 0.1) is 37.4 Å². The van der Waals surface area contributed by atoms with Crippen LogP contribution in [0, 0.1) is 6.92 Å². The highest BCUT2D eigenvalue weighted by atomic mass is 32.1. The first-order valence-corrected chi connectivity index (χ1v) is 12.7. The van der Waals surface area contributed by atoms with Crippen molar-refractivity contribution in [3.63, 3.8) is 0 Å². The number of aryl methyl sites for hydroxylation is 1. The van der Waals surface area contributed by atoms with Crippen molar-refractivity contribution in [1.82, 2.24) is 15.0 Å². The Hall–Kier alpha value is -3.96. The highest BCUT2D eigenvalue weighted by Gasteiger charge is 2.21. The summed E-state index contributed by atoms with van der Waals surface area (Å²) in [5.74, 6) is 1.35. The number of benzene rings is 1. The van der Waals surface area contributed by atoms with E-state index in [-0.39, 0.29) is 23.5 Å². The number of aromatic amines is 1. The summed E-state index contributed by atoms with van der Waals surface area (Å²) in [5, 5.41) is 8.94. The van der Waals surface area contributed by atoms with Crippen LogP contribution >= 0.6 is 11.3 Å². The maximum Gasteiger partial charge on any atom is 0.411 e. The summed E-state index contributed by atoms with van der Waals surface area (Å²) in [5.41, 5.74) is 2.64. The van der Waals surface area contributed by atoms with E-state index in [0.29, 0.717) is 41.6 Å². The lowest BCUT2D eigenvalue weighted by Crippen LogP contribution is -2.21. The molecule has 2 atom stereocenters. The number of rotatable bonds is 7. The standard InChI is InChI=1S/C26H27N5O5S/c1-14(22-10-16(13-37-22)18-6-4-5-7-20(18)30-26(33)34-3)27-23-19-11-21(36-17-8-9-35-12-17)25(32)31-24(19)29-15(2)28-23/h4-7,10-11,13-14,17H,8-9,12H2,1-3H3,(H,30,33)(H2,27,28,29,31,32)/t14-,17+/m1/s1. The van der Waals surface area contributed by atoms with E-state index in [2.05, 4.69) is 31.7 Å². The van der Waals surface area contributed by atoms with Crippen molar-refractivity contribution >= 4 is 40.0 Å². The van der Waals surface area contributed by atoms with Crippen molar-refractivity contribution < 1.29 is 19.0 Å². The SMILES string of the molecule is COC(=O)Nc1ccccc1-c1csc([C@@H](C)Nc2nc(C)nc3[nH]c(=O)c(O[C@H]4CCOC4)cc23)c1. The molecule has 0 radical (unpaired) electrons. The molecule has 37 heavy (non-hydrogen) atoms. The second-order valence-corrected chi connectivity index (χ2v) is 9.66. The van der Waals surface area contributed by atoms with Gasteiger partial charge in [0.2, 0.25) is 0 Å². The molecule has 0 bridgehead atoms. The largest absolute Gasteiger partial charge is 0.482 e. The summed E-state index contributed by atoms with van der Waals surface area (Å²) >= 11 is 1.60. The molecule has 3 N–H and O–H groups in total. The molecule has 4 heterocycles. The van der Waals surface area contributed by atoms with Crippen LogP contribution in [0.4, 0.5) is 16.3 Å². The first kappa shape index (κ1) is 24.7. The lowest BCUT2D eigenvalue weighted by atomic mass is 10.1. The van der Waals surface area contributed by atoms with Crippen LogP contribution in [0.1, 0.15) is 30.1 Å². The Bertz CT molecular complexity index is 1490. The Morgan fingerprint density at radius 2 is 2.11 bits per heavy atom. The summed E-state index contributed by atoms with van der Waals surface area (Å²) in [6, 6.07) is 11.2. The lowest BCUT2D eigenvalue weighted by Gasteiger charge is -2.16. The maximum atomic E-state index is 12.6. The second kappa shape index (κ2) is 10.6. The zero-order valence-electron chi connectivity index (χ0n) is 20.7. The molecule has 192 valence electrons. The van der Waals surface area contributed by atoms with E-state index in [0.717, 1.165) is 22.4 Å². The number of aromatic nitrogens is 3. The van der Waals surface area contributed by atoms with Crippen LogP contribution in [-0.2, 0) is 9.47 Å². The minimum absolute atomic E-state index is 0.100. The van der Waals surface area contributed by atoms with Gasteiger partial charge in [0.25, 0.3) is 5.56 Å². The van der Waals surface area contributed by atoms with E-state index in [1.807, 2.05) is 36.6 Å². The molecular weight excluding hydrogens is 494 g/mol. The first-order valence-electron chi connectivity index (χ1n) is 11.9. The topological polar surface area (TPSA) is 127 Å². The molecular formula is C26H27N5O5S. The van der Waals surface area contributed by atoms with Gasteiger partial charge in [-0.05, 0) is 36.9 Å². The van der Waals surface area contributed by atoms with Gasteiger partial charge in [0.1, 0.15) is 23.4 Å². The number of hydrogen-bond acceptors (Lipinski definition) is 9. The van der Waals surface area contributed by atoms with Crippen molar-refractivity contribution in [2.24, 2.45) is 0 Å². The smallest absolute Gasteiger partial charge is 0.411 e. The Labute approximate surface area is 217 Å². The number of anilines is 2. The predicted octanol–water partition coefficient (Wildman–Crippen LogP) is 4.87. The zero-order chi connectivity index (χ0) is 25.9. The van der Waals surface area contributed by atoms with Gasteiger partial charge in [0.15, 0.2) is 5.75 Å². The molecule has 10 nitrogen and oxygen atoms in total. The summed E-state index contributed by atoms with van der Waals surface area (Å²) in [6.07, 6.45) is 0.0651. The monoisotopic (exact) mass is 521 g/mol. The van der Waals surface area contributed by atoms with Gasteiger partial charge in [0, 0.05) is 22.9 Å². The minimum Gasteiger partial charge on any atom is -0.482 e. The number of hydrogen-bond donors (Lipinski definition) is 3. The number of nitrogens with zero attached hydrogens (tertiary/aromatic N) is 2. The third-order valence-corrected chi connectivity index (χ3v) is 7.15. The third kappa shape index (κ3) is 5.42. The van der Waals surface area contributed by atoms with Gasteiger partial charge in [-0.3, -0.25) is 10.1 Å². The fourth-order valence-electron chi connectivity index (χ4n) is 4.16. The van der Waals surface area contributed by atoms with Gasteiger partial charge in [-0.2, -0.15) is 0 Å². The van der Waals surface area contributed by atoms with E-state index in [1.165, 1.54) is 7.11 Å². The van der Waals surface area contributed by atoms with Crippen LogP contribution < -0.4 is 20.9 Å². The Kier molecular flexibility index (Phi) is 7.06. The fourth-order valence-corrected chi connectivity index (χ4v) is 5.08. The van der Waals surface area contributed by atoms with Crippen molar-refractivity contribution in [1.29, 1.82) is 0 Å². The quantitative estimate of drug-likeness (QED) is 0.314. The molecule has 5 rings (SSSR count). The minimum atomic E-state index is -0.522. The van der Waals surface area contributed by atoms with Crippen LogP contribution in [0.15, 0.2) is 46.6 Å². The number of pyridine rings is 1. The van der Waals surface area contributed by atoms with Gasteiger partial charge in [-0.25, -0.2) is 14.8 Å². The Morgan fingerprint density at radius 1 is 1.27 bits per heavy atom. The molecule has 11 heteroatoms. The number of carbonyl (C=O) groups excluding carboxylic acids is 1. The number of ether oxygens (including phenoxy) is 3. The van der Waals surface area contributed by atoms with Crippen molar-refractivity contribution in [3.8, 4) is 16.9 Å². The number of thiophene rings is 1. The van der Waals surface area contributed by atoms with Crippen molar-refractivity contribution in [3.05, 3.63) is 62.8 Å². The van der Waals surface area contributed by atoms with E-state index >= 15 is 0 Å². The lowest BCUT2D eigenvalue weighted by molar-refractivity contribution is 0.140. The second-order valence-electron chi connectivity index (χ2n) is 8.71. The average molecular weight is 522 g/mol. The molecule has 1 amide bonds. The number of amides is 1. The summed E-state index contributed by atoms with van der Waals surface area (Å²) in [7, 11) is 1.33. The number of methoxy groups -OCH3 is 1. The van der Waals surface area contributed by atoms with E-state index in [4.69, 9.17) is 14.2 Å². The summed E-state index contributed by atoms with van der Waals surface area (Å²) in [4.78, 5) is 37.3. The molecule has 1 aromatic carbocycles. The molecule has 1 saturated heterocycles. The van der Waals surface area contributed by atoms with Crippen molar-refractivity contribution in [2.45, 2.75) is 32.4 Å². The number of para-hydroxylation sites is 1. The fraction of sp³-hybridized carbons (Fsp3) is 0.308. The van der Waals surface area contributed by atoms with Crippen LogP contribution in [0.5, 0.6) is 5.75 Å². The van der Waals surface area contributed by atoms with E-state index < -0.39 is 6.09 Å². The maximum absolute atomic E-state index is 12.6. The molecule has 3 aromatic heterocycles. The Morgan fingerprint density at radius 3 is 2.89 bits per heavy atom. The molecule has 1 aliphatic heterocycles. The molecule has 1 aliphatic rings. The van der Waals surface area contributed by atoms with E-state index in [9.17, 15) is 9.59 Å². The normalized spacial score (nSPS) is 15.9. The number of fused-ring (bicyclic) bond motifs is 1. The molecule has 0 unspecified atom stereocenters. The third-order valence-electron chi connectivity index (χ3n) is 6.03. The van der Waals surface area contributed by atoms with Crippen molar-refractivity contribution in [2.75, 3.05) is 31.0 Å². The number of carbonyl (C=O) groups is 1. The number of H-pyrrole nitrogens is 1. The highest BCUT2D eigenvalue weighted by molar-refractivity contribution is 7.10. The van der Waals surface area contributed by atoms with Gasteiger partial charge < -0.3 is 24.5 Å². The van der Waals surface area contributed by atoms with Crippen LogP contribution in [-0.4, -0.2) is 47.5 Å². The zero-order valence-corrected chi connectivity index (χ0v) is 21.5. The first-order chi connectivity index (χ1) is 17.9. The molecule has 0 saturated carbocycles. The van der Waals surface area contributed by atoms with Gasteiger partial charge >= 0.3 is 6.09 Å². The molecule has 1 fully saturated rings. The predicted molar refractivity (Wildman–Crippen MR) is 143 cm³/mol.